The number of allylic oxidation sites excluding steroid dienone is 1. The molecule has 3 heterocycles. The highest BCUT2D eigenvalue weighted by molar-refractivity contribution is 5.92. The number of carbonyl (C=O) groups is 2. The zero-order valence-corrected chi connectivity index (χ0v) is 15.7. The van der Waals surface area contributed by atoms with Crippen LogP contribution in [0, 0.1) is 5.92 Å². The molecule has 5 atom stereocenters. The van der Waals surface area contributed by atoms with Crippen LogP contribution in [0.4, 0.5) is 0 Å². The van der Waals surface area contributed by atoms with Crippen LogP contribution in [0.2, 0.25) is 0 Å². The predicted molar refractivity (Wildman–Crippen MR) is 93.9 cm³/mol. The van der Waals surface area contributed by atoms with E-state index in [1.165, 1.54) is 0 Å². The van der Waals surface area contributed by atoms with Gasteiger partial charge in [-0.2, -0.15) is 0 Å². The molecule has 3 aliphatic heterocycles. The van der Waals surface area contributed by atoms with Gasteiger partial charge in [0.05, 0.1) is 11.5 Å². The highest BCUT2D eigenvalue weighted by atomic mass is 16.6. The topological polar surface area (TPSA) is 82.1 Å². The first-order valence-corrected chi connectivity index (χ1v) is 8.94. The van der Waals surface area contributed by atoms with Gasteiger partial charge in [-0.15, -0.1) is 0 Å². The van der Waals surface area contributed by atoms with Crippen molar-refractivity contribution in [2.24, 2.45) is 5.92 Å². The fraction of sp³-hybridized carbons (Fsp3) is 0.600. The van der Waals surface area contributed by atoms with E-state index in [0.717, 1.165) is 0 Å². The largest absolute Gasteiger partial charge is 0.458 e. The van der Waals surface area contributed by atoms with Crippen LogP contribution in [-0.2, 0) is 23.8 Å². The minimum absolute atomic E-state index is 0.281. The maximum absolute atomic E-state index is 12.4. The summed E-state index contributed by atoms with van der Waals surface area (Å²) in [5, 5.41) is 10.9. The molecule has 0 aromatic heterocycles. The van der Waals surface area contributed by atoms with E-state index in [9.17, 15) is 14.7 Å². The molecule has 6 nitrogen and oxygen atoms in total. The van der Waals surface area contributed by atoms with Gasteiger partial charge in [0.1, 0.15) is 12.2 Å². The number of hydrogen-bond donors (Lipinski definition) is 1. The number of aliphatic hydroxyl groups is 1. The summed E-state index contributed by atoms with van der Waals surface area (Å²) in [7, 11) is 0. The van der Waals surface area contributed by atoms with Crippen LogP contribution >= 0.6 is 0 Å². The first-order chi connectivity index (χ1) is 12.1. The Kier molecular flexibility index (Phi) is 4.61. The predicted octanol–water partition coefficient (Wildman–Crippen LogP) is 2.57. The third kappa shape index (κ3) is 3.12. The minimum Gasteiger partial charge on any atom is -0.458 e. The van der Waals surface area contributed by atoms with E-state index in [4.69, 9.17) is 14.2 Å². The Morgan fingerprint density at radius 1 is 1.46 bits per heavy atom. The summed E-state index contributed by atoms with van der Waals surface area (Å²) in [6.45, 7) is 10.9. The summed E-state index contributed by atoms with van der Waals surface area (Å²) in [6.07, 6.45) is 3.48. The standard InChI is InChI=1S/C20H26O6/c1-6-11(2)17(21)25-15-10-19(5)7-8-20(23,26-19)12(3)9-14-16(15)13(4)18(22)24-14/h6,9,14-16,23H,4,7-8,10H2,1-3,5H3/b11-6+,12-9-/t14-,15+,16-,19+,20-/m0/s1. The molecule has 3 aliphatic rings. The third-order valence-corrected chi connectivity index (χ3v) is 5.75. The van der Waals surface area contributed by atoms with Crippen LogP contribution in [0.1, 0.15) is 47.0 Å². The summed E-state index contributed by atoms with van der Waals surface area (Å²) in [5.74, 6) is -2.85. The lowest BCUT2D eigenvalue weighted by Gasteiger charge is -2.33. The van der Waals surface area contributed by atoms with E-state index in [1.54, 1.807) is 32.9 Å². The molecule has 2 bridgehead atoms. The van der Waals surface area contributed by atoms with Crippen molar-refractivity contribution < 1.29 is 28.9 Å². The summed E-state index contributed by atoms with van der Waals surface area (Å²) in [6, 6.07) is 0. The number of fused-ring (bicyclic) bond motifs is 3. The molecule has 6 heteroatoms. The molecule has 0 saturated carbocycles. The van der Waals surface area contributed by atoms with Gasteiger partial charge in [-0.1, -0.05) is 12.7 Å². The van der Waals surface area contributed by atoms with E-state index < -0.39 is 41.5 Å². The summed E-state index contributed by atoms with van der Waals surface area (Å²) in [5.41, 5.74) is 0.677. The number of esters is 2. The average molecular weight is 362 g/mol. The molecule has 0 aromatic carbocycles. The Bertz CT molecular complexity index is 720. The monoisotopic (exact) mass is 362 g/mol. The Balaban J connectivity index is 2.03. The number of rotatable bonds is 2. The summed E-state index contributed by atoms with van der Waals surface area (Å²) < 4.78 is 17.2. The molecule has 3 rings (SSSR count). The lowest BCUT2D eigenvalue weighted by atomic mass is 9.82. The Hall–Kier alpha value is -1.92. The summed E-state index contributed by atoms with van der Waals surface area (Å²) >= 11 is 0. The fourth-order valence-corrected chi connectivity index (χ4v) is 3.94. The van der Waals surface area contributed by atoms with Gasteiger partial charge in [0.15, 0.2) is 5.79 Å². The number of hydrogen-bond acceptors (Lipinski definition) is 6. The van der Waals surface area contributed by atoms with Crippen LogP contribution in [0.5, 0.6) is 0 Å². The summed E-state index contributed by atoms with van der Waals surface area (Å²) in [4.78, 5) is 24.5. The van der Waals surface area contributed by atoms with Gasteiger partial charge in [-0.25, -0.2) is 9.59 Å². The second kappa shape index (κ2) is 6.35. The molecule has 142 valence electrons. The highest BCUT2D eigenvalue weighted by Crippen LogP contribution is 2.47. The third-order valence-electron chi connectivity index (χ3n) is 5.75. The van der Waals surface area contributed by atoms with Gasteiger partial charge in [-0.05, 0) is 45.8 Å². The molecule has 2 saturated heterocycles. The van der Waals surface area contributed by atoms with Crippen LogP contribution in [0.3, 0.4) is 0 Å². The molecule has 0 spiro atoms. The fourth-order valence-electron chi connectivity index (χ4n) is 3.94. The number of carbonyl (C=O) groups excluding carboxylic acids is 2. The minimum atomic E-state index is -1.40. The van der Waals surface area contributed by atoms with E-state index >= 15 is 0 Å². The SMILES string of the molecule is C=C1C(=O)O[C@H]2/C=C(/C)[C@]3(O)CC[C@](C)(C[C@@H](OC(=O)/C(C)=C/C)[C@@H]12)O3. The van der Waals surface area contributed by atoms with Crippen molar-refractivity contribution in [3.05, 3.63) is 35.5 Å². The van der Waals surface area contributed by atoms with Crippen molar-refractivity contribution in [3.63, 3.8) is 0 Å². The highest BCUT2D eigenvalue weighted by Gasteiger charge is 2.54. The molecule has 26 heavy (non-hydrogen) atoms. The molecule has 0 aromatic rings. The smallest absolute Gasteiger partial charge is 0.334 e. The van der Waals surface area contributed by atoms with Crippen molar-refractivity contribution in [1.82, 2.24) is 0 Å². The lowest BCUT2D eigenvalue weighted by Crippen LogP contribution is -2.40. The molecule has 0 radical (unpaired) electrons. The van der Waals surface area contributed by atoms with Gasteiger partial charge in [0, 0.05) is 24.0 Å². The van der Waals surface area contributed by atoms with Crippen molar-refractivity contribution in [3.8, 4) is 0 Å². The average Bonchev–Trinajstić information content (AvgIpc) is 3.03. The molecular weight excluding hydrogens is 336 g/mol. The first-order valence-electron chi connectivity index (χ1n) is 8.94. The maximum atomic E-state index is 12.4. The Labute approximate surface area is 153 Å². The second-order valence-electron chi connectivity index (χ2n) is 7.73. The molecule has 1 N–H and O–H groups in total. The second-order valence-corrected chi connectivity index (χ2v) is 7.73. The van der Waals surface area contributed by atoms with E-state index in [2.05, 4.69) is 6.58 Å². The van der Waals surface area contributed by atoms with Gasteiger partial charge in [0.25, 0.3) is 0 Å². The van der Waals surface area contributed by atoms with Crippen molar-refractivity contribution in [2.75, 3.05) is 0 Å². The molecule has 0 amide bonds. The van der Waals surface area contributed by atoms with E-state index in [0.29, 0.717) is 30.4 Å². The number of ether oxygens (including phenoxy) is 3. The zero-order valence-electron chi connectivity index (χ0n) is 15.7. The molecule has 0 unspecified atom stereocenters. The van der Waals surface area contributed by atoms with Crippen molar-refractivity contribution in [2.45, 2.75) is 70.6 Å². The van der Waals surface area contributed by atoms with Gasteiger partial charge in [0.2, 0.25) is 0 Å². The van der Waals surface area contributed by atoms with Crippen LogP contribution in [0.15, 0.2) is 35.5 Å². The Morgan fingerprint density at radius 2 is 2.15 bits per heavy atom. The van der Waals surface area contributed by atoms with E-state index in [-0.39, 0.29) is 5.57 Å². The van der Waals surface area contributed by atoms with E-state index in [1.807, 2.05) is 6.92 Å². The zero-order chi connectivity index (χ0) is 19.3. The first kappa shape index (κ1) is 18.9. The van der Waals surface area contributed by atoms with Crippen LogP contribution < -0.4 is 0 Å². The normalized spacial score (nSPS) is 42.1. The Morgan fingerprint density at radius 3 is 2.81 bits per heavy atom. The molecule has 2 fully saturated rings. The van der Waals surface area contributed by atoms with Crippen molar-refractivity contribution in [1.29, 1.82) is 0 Å². The van der Waals surface area contributed by atoms with Gasteiger partial charge < -0.3 is 19.3 Å². The van der Waals surface area contributed by atoms with Gasteiger partial charge in [-0.3, -0.25) is 0 Å². The van der Waals surface area contributed by atoms with Crippen molar-refractivity contribution >= 4 is 11.9 Å². The quantitative estimate of drug-likeness (QED) is 0.462. The maximum Gasteiger partial charge on any atom is 0.334 e. The molecular formula is C20H26O6. The van der Waals surface area contributed by atoms with Crippen LogP contribution in [0.25, 0.3) is 0 Å². The van der Waals surface area contributed by atoms with Crippen LogP contribution in [-0.4, -0.2) is 40.6 Å². The molecule has 0 aliphatic carbocycles. The van der Waals surface area contributed by atoms with Gasteiger partial charge >= 0.3 is 11.9 Å². The lowest BCUT2D eigenvalue weighted by molar-refractivity contribution is -0.202.